The maximum Gasteiger partial charge on any atom is 0.248 e. The average molecular weight is 258 g/mol. The normalized spacial score (nSPS) is 10.4. The summed E-state index contributed by atoms with van der Waals surface area (Å²) in [5.74, 6) is -0.417. The van der Waals surface area contributed by atoms with E-state index in [1.165, 1.54) is 0 Å². The molecule has 0 fully saturated rings. The monoisotopic (exact) mass is 258 g/mol. The number of aromatic nitrogens is 2. The molecule has 0 saturated carbocycles. The van der Waals surface area contributed by atoms with Crippen molar-refractivity contribution in [3.63, 3.8) is 0 Å². The van der Waals surface area contributed by atoms with E-state index in [4.69, 9.17) is 5.73 Å². The molecule has 1 aromatic carbocycles. The lowest BCUT2D eigenvalue weighted by Crippen LogP contribution is -2.12. The second-order valence-electron chi connectivity index (χ2n) is 4.34. The third-order valence-electron chi connectivity index (χ3n) is 2.86. The molecule has 0 saturated heterocycles. The van der Waals surface area contributed by atoms with E-state index < -0.39 is 5.91 Å². The van der Waals surface area contributed by atoms with Crippen molar-refractivity contribution in [1.82, 2.24) is 9.78 Å². The summed E-state index contributed by atoms with van der Waals surface area (Å²) in [5.41, 5.74) is 7.76. The van der Waals surface area contributed by atoms with Crippen molar-refractivity contribution in [2.45, 2.75) is 26.4 Å². The molecule has 3 N–H and O–H groups in total. The molecule has 0 spiro atoms. The molecular weight excluding hydrogens is 240 g/mol. The first-order valence-corrected chi connectivity index (χ1v) is 6.35. The number of nitrogens with one attached hydrogen (secondary N) is 1. The molecule has 100 valence electrons. The zero-order valence-electron chi connectivity index (χ0n) is 11.0. The van der Waals surface area contributed by atoms with Gasteiger partial charge in [0.25, 0.3) is 0 Å². The Bertz CT molecular complexity index is 562. The highest BCUT2D eigenvalue weighted by Gasteiger charge is 2.03. The molecule has 0 atom stereocenters. The number of nitrogens with zero attached hydrogens (tertiary/aromatic N) is 2. The van der Waals surface area contributed by atoms with Crippen LogP contribution in [0.25, 0.3) is 0 Å². The van der Waals surface area contributed by atoms with Crippen LogP contribution in [0.1, 0.15) is 29.4 Å². The highest BCUT2D eigenvalue weighted by molar-refractivity contribution is 5.93. The standard InChI is InChI=1S/C14H18N4O/c1-2-8-18-13(6-7-17-18)10-16-12-5-3-4-11(9-12)14(15)19/h3-7,9,16H,2,8,10H2,1H3,(H2,15,19). The molecule has 2 aromatic rings. The van der Waals surface area contributed by atoms with E-state index in [9.17, 15) is 4.79 Å². The lowest BCUT2D eigenvalue weighted by atomic mass is 10.2. The third kappa shape index (κ3) is 3.34. The van der Waals surface area contributed by atoms with Crippen LogP contribution in [0.4, 0.5) is 5.69 Å². The molecule has 5 nitrogen and oxygen atoms in total. The zero-order chi connectivity index (χ0) is 13.7. The van der Waals surface area contributed by atoms with Crippen molar-refractivity contribution in [2.75, 3.05) is 5.32 Å². The van der Waals surface area contributed by atoms with Gasteiger partial charge >= 0.3 is 0 Å². The Labute approximate surface area is 112 Å². The van der Waals surface area contributed by atoms with Crippen LogP contribution in [0, 0.1) is 0 Å². The molecule has 5 heteroatoms. The summed E-state index contributed by atoms with van der Waals surface area (Å²) < 4.78 is 1.98. The van der Waals surface area contributed by atoms with Crippen molar-refractivity contribution >= 4 is 11.6 Å². The molecule has 1 amide bonds. The molecule has 0 aliphatic rings. The number of primary amides is 1. The lowest BCUT2D eigenvalue weighted by Gasteiger charge is -2.09. The fraction of sp³-hybridized carbons (Fsp3) is 0.286. The van der Waals surface area contributed by atoms with Crippen LogP contribution in [0.15, 0.2) is 36.5 Å². The van der Waals surface area contributed by atoms with Crippen molar-refractivity contribution in [3.05, 3.63) is 47.8 Å². The summed E-state index contributed by atoms with van der Waals surface area (Å²) in [7, 11) is 0. The maximum atomic E-state index is 11.1. The number of carbonyl (C=O) groups is 1. The highest BCUT2D eigenvalue weighted by Crippen LogP contribution is 2.12. The molecule has 1 heterocycles. The van der Waals surface area contributed by atoms with Gasteiger partial charge < -0.3 is 11.1 Å². The van der Waals surface area contributed by atoms with Gasteiger partial charge in [0.15, 0.2) is 0 Å². The number of anilines is 1. The smallest absolute Gasteiger partial charge is 0.248 e. The van der Waals surface area contributed by atoms with E-state index in [0.717, 1.165) is 24.3 Å². The number of carbonyl (C=O) groups excluding carboxylic acids is 1. The Morgan fingerprint density at radius 1 is 1.42 bits per heavy atom. The van der Waals surface area contributed by atoms with Gasteiger partial charge in [0.05, 0.1) is 12.2 Å². The highest BCUT2D eigenvalue weighted by atomic mass is 16.1. The summed E-state index contributed by atoms with van der Waals surface area (Å²) >= 11 is 0. The number of nitrogens with two attached hydrogens (primary N) is 1. The molecule has 1 aromatic heterocycles. The molecular formula is C14H18N4O. The van der Waals surface area contributed by atoms with Crippen molar-refractivity contribution in [2.24, 2.45) is 5.73 Å². The minimum atomic E-state index is -0.417. The summed E-state index contributed by atoms with van der Waals surface area (Å²) in [6.07, 6.45) is 2.85. The van der Waals surface area contributed by atoms with Gasteiger partial charge in [-0.2, -0.15) is 5.10 Å². The van der Waals surface area contributed by atoms with Crippen molar-refractivity contribution in [1.29, 1.82) is 0 Å². The summed E-state index contributed by atoms with van der Waals surface area (Å²) in [6, 6.07) is 9.16. The van der Waals surface area contributed by atoms with E-state index in [1.54, 1.807) is 18.3 Å². The van der Waals surface area contributed by atoms with Crippen LogP contribution in [-0.2, 0) is 13.1 Å². The molecule has 0 aliphatic carbocycles. The first-order chi connectivity index (χ1) is 9.20. The van der Waals surface area contributed by atoms with Crippen molar-refractivity contribution < 1.29 is 4.79 Å². The van der Waals surface area contributed by atoms with Gasteiger partial charge in [0.2, 0.25) is 5.91 Å². The van der Waals surface area contributed by atoms with Gasteiger partial charge in [0, 0.05) is 24.0 Å². The van der Waals surface area contributed by atoms with Gasteiger partial charge in [-0.15, -0.1) is 0 Å². The number of rotatable bonds is 6. The Morgan fingerprint density at radius 3 is 3.00 bits per heavy atom. The molecule has 19 heavy (non-hydrogen) atoms. The minimum absolute atomic E-state index is 0.417. The minimum Gasteiger partial charge on any atom is -0.379 e. The zero-order valence-corrected chi connectivity index (χ0v) is 11.0. The van der Waals surface area contributed by atoms with Gasteiger partial charge in [0.1, 0.15) is 0 Å². The fourth-order valence-electron chi connectivity index (χ4n) is 1.90. The SMILES string of the molecule is CCCn1nccc1CNc1cccc(C(N)=O)c1. The summed E-state index contributed by atoms with van der Waals surface area (Å²) in [5, 5.41) is 7.54. The maximum absolute atomic E-state index is 11.1. The van der Waals surface area contributed by atoms with Crippen LogP contribution in [0.5, 0.6) is 0 Å². The van der Waals surface area contributed by atoms with Gasteiger partial charge in [-0.05, 0) is 30.7 Å². The fourth-order valence-corrected chi connectivity index (χ4v) is 1.90. The van der Waals surface area contributed by atoms with Gasteiger partial charge in [-0.3, -0.25) is 9.48 Å². The number of aryl methyl sites for hydroxylation is 1. The number of hydrogen-bond acceptors (Lipinski definition) is 3. The Morgan fingerprint density at radius 2 is 2.26 bits per heavy atom. The summed E-state index contributed by atoms with van der Waals surface area (Å²) in [6.45, 7) is 3.70. The average Bonchev–Trinajstić information content (AvgIpc) is 2.85. The first kappa shape index (κ1) is 13.1. The topological polar surface area (TPSA) is 72.9 Å². The quantitative estimate of drug-likeness (QED) is 0.832. The van der Waals surface area contributed by atoms with Crippen LogP contribution in [-0.4, -0.2) is 15.7 Å². The number of hydrogen-bond donors (Lipinski definition) is 2. The van der Waals surface area contributed by atoms with Crippen LogP contribution in [0.2, 0.25) is 0 Å². The Hall–Kier alpha value is -2.30. The van der Waals surface area contributed by atoms with Crippen LogP contribution in [0.3, 0.4) is 0 Å². The van der Waals surface area contributed by atoms with E-state index >= 15 is 0 Å². The van der Waals surface area contributed by atoms with E-state index in [0.29, 0.717) is 12.1 Å². The Kier molecular flexibility index (Phi) is 4.18. The summed E-state index contributed by atoms with van der Waals surface area (Å²) in [4.78, 5) is 11.1. The van der Waals surface area contributed by atoms with E-state index in [-0.39, 0.29) is 0 Å². The largest absolute Gasteiger partial charge is 0.379 e. The second-order valence-corrected chi connectivity index (χ2v) is 4.34. The molecule has 0 unspecified atom stereocenters. The number of amides is 1. The molecule has 0 bridgehead atoms. The Balaban J connectivity index is 2.04. The second kappa shape index (κ2) is 6.04. The van der Waals surface area contributed by atoms with E-state index in [2.05, 4.69) is 17.3 Å². The lowest BCUT2D eigenvalue weighted by molar-refractivity contribution is 0.100. The molecule has 2 rings (SSSR count). The predicted molar refractivity (Wildman–Crippen MR) is 74.8 cm³/mol. The van der Waals surface area contributed by atoms with E-state index in [1.807, 2.05) is 22.9 Å². The first-order valence-electron chi connectivity index (χ1n) is 6.35. The van der Waals surface area contributed by atoms with Gasteiger partial charge in [-0.25, -0.2) is 0 Å². The van der Waals surface area contributed by atoms with Crippen molar-refractivity contribution in [3.8, 4) is 0 Å². The molecule has 0 radical (unpaired) electrons. The molecule has 0 aliphatic heterocycles. The van der Waals surface area contributed by atoms with Crippen LogP contribution < -0.4 is 11.1 Å². The predicted octanol–water partition coefficient (Wildman–Crippen LogP) is 2.00. The third-order valence-corrected chi connectivity index (χ3v) is 2.86. The van der Waals surface area contributed by atoms with Crippen LogP contribution >= 0.6 is 0 Å². The van der Waals surface area contributed by atoms with Gasteiger partial charge in [-0.1, -0.05) is 13.0 Å². The number of benzene rings is 1.